The molecule has 9 nitrogen and oxygen atoms in total. The largest absolute Gasteiger partial charge is 0.461 e. The van der Waals surface area contributed by atoms with Crippen LogP contribution in [0.3, 0.4) is 0 Å². The molecule has 198 valence electrons. The van der Waals surface area contributed by atoms with Crippen LogP contribution in [0.4, 0.5) is 0 Å². The Bertz CT molecular complexity index is 825. The zero-order valence-electron chi connectivity index (χ0n) is 21.7. The summed E-state index contributed by atoms with van der Waals surface area (Å²) in [7, 11) is 0. The molecule has 0 fully saturated rings. The van der Waals surface area contributed by atoms with Crippen molar-refractivity contribution < 1.29 is 24.5 Å². The van der Waals surface area contributed by atoms with Crippen LogP contribution in [-0.4, -0.2) is 46.4 Å². The highest BCUT2D eigenvalue weighted by molar-refractivity contribution is 5.81. The van der Waals surface area contributed by atoms with Crippen molar-refractivity contribution in [1.82, 2.24) is 10.9 Å². The van der Waals surface area contributed by atoms with Gasteiger partial charge in [-0.2, -0.15) is 0 Å². The second kappa shape index (κ2) is 12.5. The molecule has 9 heteroatoms. The Morgan fingerprint density at radius 3 is 2.57 bits per heavy atom. The Morgan fingerprint density at radius 1 is 1.26 bits per heavy atom. The average Bonchev–Trinajstić information content (AvgIpc) is 2.76. The predicted molar refractivity (Wildman–Crippen MR) is 135 cm³/mol. The first-order valence-corrected chi connectivity index (χ1v) is 12.7. The minimum Gasteiger partial charge on any atom is -0.461 e. The number of allylic oxidation sites excluding steroid dienone is 3. The van der Waals surface area contributed by atoms with Crippen LogP contribution < -0.4 is 16.6 Å². The monoisotopic (exact) mass is 492 g/mol. The molecule has 0 saturated carbocycles. The number of hydrogen-bond acceptors (Lipinski definition) is 6. The van der Waals surface area contributed by atoms with Crippen LogP contribution >= 0.6 is 0 Å². The van der Waals surface area contributed by atoms with Gasteiger partial charge >= 0.3 is 5.97 Å². The fourth-order valence-corrected chi connectivity index (χ4v) is 4.96. The number of carbonyl (C=O) groups is 2. The van der Waals surface area contributed by atoms with Gasteiger partial charge in [-0.1, -0.05) is 39.0 Å². The number of nitrogens with two attached hydrogens (primary N) is 1. The van der Waals surface area contributed by atoms with Crippen molar-refractivity contribution in [2.24, 2.45) is 34.8 Å². The molecule has 35 heavy (non-hydrogen) atoms. The van der Waals surface area contributed by atoms with Crippen LogP contribution in [0.15, 0.2) is 23.8 Å². The second-order valence-corrected chi connectivity index (χ2v) is 10.9. The zero-order chi connectivity index (χ0) is 26.3. The molecule has 0 saturated heterocycles. The van der Waals surface area contributed by atoms with Crippen molar-refractivity contribution in [2.45, 2.75) is 91.5 Å². The lowest BCUT2D eigenvalue weighted by Gasteiger charge is -2.44. The highest BCUT2D eigenvalue weighted by Crippen LogP contribution is 2.45. The summed E-state index contributed by atoms with van der Waals surface area (Å²) in [6.07, 6.45) is 7.13. The molecule has 0 spiro atoms. The van der Waals surface area contributed by atoms with E-state index in [9.17, 15) is 19.8 Å². The molecule has 0 heterocycles. The lowest BCUT2D eigenvalue weighted by molar-refractivity contribution is -0.164. The van der Waals surface area contributed by atoms with Gasteiger partial charge in [0.25, 0.3) is 0 Å². The first-order valence-electron chi connectivity index (χ1n) is 12.7. The van der Waals surface area contributed by atoms with E-state index in [1.165, 1.54) is 5.57 Å². The summed E-state index contributed by atoms with van der Waals surface area (Å²) < 4.78 is 6.13. The van der Waals surface area contributed by atoms with Crippen LogP contribution in [0.25, 0.3) is 0 Å². The van der Waals surface area contributed by atoms with E-state index in [0.29, 0.717) is 25.2 Å². The van der Waals surface area contributed by atoms with Gasteiger partial charge in [0.2, 0.25) is 11.9 Å². The van der Waals surface area contributed by atoms with E-state index in [2.05, 4.69) is 42.9 Å². The van der Waals surface area contributed by atoms with Gasteiger partial charge in [-0.15, -0.1) is 0 Å². The maximum atomic E-state index is 12.9. The molecule has 2 rings (SSSR count). The molecule has 0 aromatic carbocycles. The van der Waals surface area contributed by atoms with Crippen molar-refractivity contribution in [1.29, 1.82) is 5.41 Å². The smallest absolute Gasteiger partial charge is 0.311 e. The van der Waals surface area contributed by atoms with Crippen LogP contribution in [-0.2, 0) is 14.3 Å². The lowest BCUT2D eigenvalue weighted by Crippen LogP contribution is -2.46. The number of aliphatic hydroxyl groups excluding tert-OH is 2. The van der Waals surface area contributed by atoms with Crippen LogP contribution in [0.2, 0.25) is 0 Å². The molecule has 2 aliphatic rings. The van der Waals surface area contributed by atoms with E-state index < -0.39 is 29.5 Å². The normalized spacial score (nSPS) is 27.7. The Kier molecular flexibility index (Phi) is 10.3. The number of amides is 1. The number of rotatable bonds is 10. The summed E-state index contributed by atoms with van der Waals surface area (Å²) in [6, 6.07) is 0. The summed E-state index contributed by atoms with van der Waals surface area (Å²) in [5.74, 6) is -0.258. The van der Waals surface area contributed by atoms with E-state index in [1.807, 2.05) is 20.8 Å². The van der Waals surface area contributed by atoms with Crippen LogP contribution in [0.5, 0.6) is 0 Å². The molecule has 0 aromatic rings. The third-order valence-electron chi connectivity index (χ3n) is 7.43. The molecule has 0 bridgehead atoms. The van der Waals surface area contributed by atoms with E-state index in [-0.39, 0.29) is 42.7 Å². The minimum atomic E-state index is -1.02. The number of hydrogen-bond donors (Lipinski definition) is 6. The highest BCUT2D eigenvalue weighted by atomic mass is 16.5. The molecule has 0 aromatic heterocycles. The van der Waals surface area contributed by atoms with Gasteiger partial charge in [0.05, 0.1) is 24.0 Å². The van der Waals surface area contributed by atoms with Crippen molar-refractivity contribution in [3.05, 3.63) is 23.8 Å². The standard InChI is InChI=1S/C26H44N4O5/c1-6-26(4,5)24(34)35-21-12-15(2)11-17-8-7-16(3)20(23(17)21)10-9-18(31)13-19(32)14-22(33)29-30-25(27)28/h7-8,11,15-16,18-21,23,31-32H,6,9-10,12-14H2,1-5H3,(H,29,33)(H4,27,28,30)/t15-,16-,18+,19+,20+,21-,23-/m0/s1. The Labute approximate surface area is 209 Å². The van der Waals surface area contributed by atoms with Crippen molar-refractivity contribution >= 4 is 17.8 Å². The van der Waals surface area contributed by atoms with E-state index in [0.717, 1.165) is 6.42 Å². The van der Waals surface area contributed by atoms with Crippen LogP contribution in [0.1, 0.15) is 73.1 Å². The fraction of sp³-hybridized carbons (Fsp3) is 0.731. The molecule has 0 unspecified atom stereocenters. The number of nitrogens with one attached hydrogen (secondary N) is 3. The summed E-state index contributed by atoms with van der Waals surface area (Å²) in [6.45, 7) is 10.1. The number of esters is 1. The Hall–Kier alpha value is -2.39. The van der Waals surface area contributed by atoms with Crippen molar-refractivity contribution in [3.63, 3.8) is 0 Å². The quantitative estimate of drug-likeness (QED) is 0.118. The summed E-state index contributed by atoms with van der Waals surface area (Å²) in [4.78, 5) is 24.7. The van der Waals surface area contributed by atoms with Crippen molar-refractivity contribution in [3.8, 4) is 0 Å². The highest BCUT2D eigenvalue weighted by Gasteiger charge is 2.42. The van der Waals surface area contributed by atoms with Gasteiger partial charge in [0, 0.05) is 5.92 Å². The number of ether oxygens (including phenoxy) is 1. The predicted octanol–water partition coefficient (Wildman–Crippen LogP) is 2.54. The first-order chi connectivity index (χ1) is 16.3. The molecular weight excluding hydrogens is 448 g/mol. The summed E-state index contributed by atoms with van der Waals surface area (Å²) in [5, 5.41) is 27.8. The molecule has 7 N–H and O–H groups in total. The van der Waals surface area contributed by atoms with Gasteiger partial charge in [-0.05, 0) is 69.3 Å². The zero-order valence-corrected chi connectivity index (χ0v) is 21.7. The molecule has 2 aliphatic carbocycles. The molecule has 7 atom stereocenters. The average molecular weight is 493 g/mol. The number of hydrazine groups is 1. The summed E-state index contributed by atoms with van der Waals surface area (Å²) in [5.41, 5.74) is 10.2. The van der Waals surface area contributed by atoms with Crippen LogP contribution in [0, 0.1) is 34.5 Å². The third kappa shape index (κ3) is 8.35. The molecule has 0 radical (unpaired) electrons. The van der Waals surface area contributed by atoms with E-state index in [1.54, 1.807) is 0 Å². The second-order valence-electron chi connectivity index (χ2n) is 10.9. The maximum Gasteiger partial charge on any atom is 0.311 e. The van der Waals surface area contributed by atoms with Crippen molar-refractivity contribution in [2.75, 3.05) is 0 Å². The van der Waals surface area contributed by atoms with E-state index >= 15 is 0 Å². The van der Waals surface area contributed by atoms with Gasteiger partial charge in [-0.3, -0.25) is 25.8 Å². The molecular formula is C26H44N4O5. The third-order valence-corrected chi connectivity index (χ3v) is 7.43. The number of guanidine groups is 1. The van der Waals surface area contributed by atoms with Gasteiger partial charge in [0.1, 0.15) is 6.10 Å². The topological polar surface area (TPSA) is 158 Å². The van der Waals surface area contributed by atoms with E-state index in [4.69, 9.17) is 15.9 Å². The fourth-order valence-electron chi connectivity index (χ4n) is 4.96. The van der Waals surface area contributed by atoms with Gasteiger partial charge in [-0.25, -0.2) is 0 Å². The van der Waals surface area contributed by atoms with Gasteiger partial charge < -0.3 is 20.7 Å². The SMILES string of the molecule is CCC(C)(C)C(=O)O[C@H]1C[C@@H](C)C=C2C=C[C@H](C)[C@@H](CC[C@@H](O)C[C@@H](O)CC(=O)NNC(=N)N)[C@H]21. The van der Waals surface area contributed by atoms with Gasteiger partial charge in [0.15, 0.2) is 0 Å². The minimum absolute atomic E-state index is 0.0674. The Balaban J connectivity index is 2.02. The lowest BCUT2D eigenvalue weighted by atomic mass is 9.65. The Morgan fingerprint density at radius 2 is 1.94 bits per heavy atom. The summed E-state index contributed by atoms with van der Waals surface area (Å²) >= 11 is 0. The first kappa shape index (κ1) is 28.8. The number of aliphatic hydroxyl groups is 2. The molecule has 1 amide bonds. The molecule has 0 aliphatic heterocycles. The number of fused-ring (bicyclic) bond motifs is 1. The number of carbonyl (C=O) groups excluding carboxylic acids is 2. The maximum absolute atomic E-state index is 12.9.